The van der Waals surface area contributed by atoms with Crippen LogP contribution in [0.5, 0.6) is 0 Å². The van der Waals surface area contributed by atoms with Crippen molar-refractivity contribution in [2.24, 2.45) is 0 Å². The number of alkyl halides is 1. The largest absolute Gasteiger partial charge is 0.207 e. The number of halogens is 3. The highest BCUT2D eigenvalue weighted by atomic mass is 79.9. The van der Waals surface area contributed by atoms with Crippen LogP contribution < -0.4 is 0 Å². The normalized spacial score (nSPS) is 11.0. The molecular formula is C9H5BrF2S. The predicted molar refractivity (Wildman–Crippen MR) is 54.4 cm³/mol. The summed E-state index contributed by atoms with van der Waals surface area (Å²) in [5.41, 5.74) is 0.399. The molecule has 0 bridgehead atoms. The molecule has 1 aromatic carbocycles. The van der Waals surface area contributed by atoms with E-state index in [1.54, 1.807) is 6.07 Å². The SMILES string of the molecule is Fc1ccc2scc(F)c2c1CBr. The summed E-state index contributed by atoms with van der Waals surface area (Å²) in [7, 11) is 0. The van der Waals surface area contributed by atoms with E-state index in [-0.39, 0.29) is 11.6 Å². The van der Waals surface area contributed by atoms with Crippen LogP contribution in [0.3, 0.4) is 0 Å². The molecule has 1 aromatic heterocycles. The Hall–Kier alpha value is -0.480. The van der Waals surface area contributed by atoms with Crippen molar-refractivity contribution in [3.05, 3.63) is 34.7 Å². The smallest absolute Gasteiger partial charge is 0.142 e. The van der Waals surface area contributed by atoms with Gasteiger partial charge in [0, 0.05) is 26.4 Å². The lowest BCUT2D eigenvalue weighted by Crippen LogP contribution is -1.87. The zero-order valence-corrected chi connectivity index (χ0v) is 8.88. The van der Waals surface area contributed by atoms with E-state index in [2.05, 4.69) is 15.9 Å². The molecule has 0 nitrogen and oxygen atoms in total. The minimum absolute atomic E-state index is 0.337. The summed E-state index contributed by atoms with van der Waals surface area (Å²) in [4.78, 5) is 0. The average molecular weight is 263 g/mol. The van der Waals surface area contributed by atoms with Gasteiger partial charge in [0.15, 0.2) is 0 Å². The zero-order chi connectivity index (χ0) is 9.42. The van der Waals surface area contributed by atoms with E-state index in [9.17, 15) is 8.78 Å². The Kier molecular flexibility index (Phi) is 2.34. The minimum atomic E-state index is -0.360. The first-order valence-electron chi connectivity index (χ1n) is 3.64. The third-order valence-corrected chi connectivity index (χ3v) is 3.36. The summed E-state index contributed by atoms with van der Waals surface area (Å²) >= 11 is 4.44. The second-order valence-electron chi connectivity index (χ2n) is 2.62. The first-order chi connectivity index (χ1) is 6.24. The molecule has 0 aliphatic carbocycles. The highest BCUT2D eigenvalue weighted by Crippen LogP contribution is 2.30. The standard InChI is InChI=1S/C9H5BrF2S/c10-3-5-6(11)1-2-8-9(5)7(12)4-13-8/h1-2,4H,3H2. The van der Waals surface area contributed by atoms with Gasteiger partial charge in [0.2, 0.25) is 0 Å². The molecule has 0 amide bonds. The van der Waals surface area contributed by atoms with Gasteiger partial charge < -0.3 is 0 Å². The fraction of sp³-hybridized carbons (Fsp3) is 0.111. The Labute approximate surface area is 86.3 Å². The van der Waals surface area contributed by atoms with Gasteiger partial charge in [0.25, 0.3) is 0 Å². The van der Waals surface area contributed by atoms with Crippen molar-refractivity contribution >= 4 is 37.4 Å². The lowest BCUT2D eigenvalue weighted by atomic mass is 10.1. The maximum atomic E-state index is 13.2. The number of rotatable bonds is 1. The van der Waals surface area contributed by atoms with Crippen molar-refractivity contribution in [3.63, 3.8) is 0 Å². The first kappa shape index (κ1) is 9.09. The van der Waals surface area contributed by atoms with Crippen LogP contribution in [0.15, 0.2) is 17.5 Å². The molecule has 0 aliphatic heterocycles. The third kappa shape index (κ3) is 1.38. The number of thiophene rings is 1. The summed E-state index contributed by atoms with van der Waals surface area (Å²) in [6.45, 7) is 0. The molecule has 0 spiro atoms. The van der Waals surface area contributed by atoms with E-state index in [0.29, 0.717) is 16.3 Å². The Morgan fingerprint density at radius 2 is 2.00 bits per heavy atom. The van der Waals surface area contributed by atoms with Crippen molar-refractivity contribution in [3.8, 4) is 0 Å². The predicted octanol–water partition coefficient (Wildman–Crippen LogP) is 4.07. The van der Waals surface area contributed by atoms with Crippen LogP contribution in [0.25, 0.3) is 10.1 Å². The van der Waals surface area contributed by atoms with Crippen LogP contribution in [0.2, 0.25) is 0 Å². The van der Waals surface area contributed by atoms with Crippen LogP contribution in [0, 0.1) is 11.6 Å². The zero-order valence-electron chi connectivity index (χ0n) is 6.48. The summed E-state index contributed by atoms with van der Waals surface area (Å²) in [6.07, 6.45) is 0. The Morgan fingerprint density at radius 1 is 1.23 bits per heavy atom. The van der Waals surface area contributed by atoms with Crippen LogP contribution >= 0.6 is 27.3 Å². The number of hydrogen-bond acceptors (Lipinski definition) is 1. The van der Waals surface area contributed by atoms with E-state index < -0.39 is 0 Å². The first-order valence-corrected chi connectivity index (χ1v) is 5.64. The maximum absolute atomic E-state index is 13.2. The number of benzene rings is 1. The number of hydrogen-bond donors (Lipinski definition) is 0. The molecule has 0 radical (unpaired) electrons. The van der Waals surface area contributed by atoms with Crippen molar-refractivity contribution in [1.82, 2.24) is 0 Å². The molecule has 13 heavy (non-hydrogen) atoms. The lowest BCUT2D eigenvalue weighted by Gasteiger charge is -2.00. The highest BCUT2D eigenvalue weighted by molar-refractivity contribution is 9.08. The molecule has 0 saturated carbocycles. The molecule has 4 heteroatoms. The summed E-state index contributed by atoms with van der Waals surface area (Å²) in [5, 5.41) is 2.14. The van der Waals surface area contributed by atoms with Gasteiger partial charge in [-0.15, -0.1) is 11.3 Å². The maximum Gasteiger partial charge on any atom is 0.142 e. The van der Waals surface area contributed by atoms with Crippen LogP contribution in [0.1, 0.15) is 5.56 Å². The Balaban J connectivity index is 2.88. The third-order valence-electron chi connectivity index (χ3n) is 1.88. The minimum Gasteiger partial charge on any atom is -0.207 e. The van der Waals surface area contributed by atoms with Gasteiger partial charge in [0.05, 0.1) is 0 Å². The summed E-state index contributed by atoms with van der Waals surface area (Å²) < 4.78 is 27.2. The monoisotopic (exact) mass is 262 g/mol. The van der Waals surface area contributed by atoms with Gasteiger partial charge in [0.1, 0.15) is 11.6 Å². The second-order valence-corrected chi connectivity index (χ2v) is 4.09. The molecule has 0 N–H and O–H groups in total. The molecule has 2 rings (SSSR count). The van der Waals surface area contributed by atoms with Gasteiger partial charge >= 0.3 is 0 Å². The van der Waals surface area contributed by atoms with Crippen molar-refractivity contribution in [2.75, 3.05) is 0 Å². The van der Waals surface area contributed by atoms with Crippen LogP contribution in [0.4, 0.5) is 8.78 Å². The number of fused-ring (bicyclic) bond motifs is 1. The fourth-order valence-corrected chi connectivity index (χ4v) is 2.65. The second kappa shape index (κ2) is 3.35. The lowest BCUT2D eigenvalue weighted by molar-refractivity contribution is 0.614. The molecule has 2 aromatic rings. The molecule has 68 valence electrons. The van der Waals surface area contributed by atoms with Gasteiger partial charge in [-0.05, 0) is 12.1 Å². The molecular weight excluding hydrogens is 258 g/mol. The Morgan fingerprint density at radius 3 is 2.69 bits per heavy atom. The molecule has 0 aliphatic rings. The van der Waals surface area contributed by atoms with Crippen molar-refractivity contribution < 1.29 is 8.78 Å². The van der Waals surface area contributed by atoms with Crippen molar-refractivity contribution in [2.45, 2.75) is 5.33 Å². The van der Waals surface area contributed by atoms with Crippen LogP contribution in [-0.2, 0) is 5.33 Å². The fourth-order valence-electron chi connectivity index (χ4n) is 1.27. The van der Waals surface area contributed by atoms with Crippen molar-refractivity contribution in [1.29, 1.82) is 0 Å². The molecule has 0 saturated heterocycles. The summed E-state index contributed by atoms with van der Waals surface area (Å²) in [5.74, 6) is -0.698. The topological polar surface area (TPSA) is 0 Å². The van der Waals surface area contributed by atoms with Gasteiger partial charge in [-0.25, -0.2) is 8.78 Å². The highest BCUT2D eigenvalue weighted by Gasteiger charge is 2.11. The average Bonchev–Trinajstić information content (AvgIpc) is 2.49. The van der Waals surface area contributed by atoms with Gasteiger partial charge in [-0.2, -0.15) is 0 Å². The van der Waals surface area contributed by atoms with Gasteiger partial charge in [-0.3, -0.25) is 0 Å². The van der Waals surface area contributed by atoms with Crippen LogP contribution in [-0.4, -0.2) is 0 Å². The van der Waals surface area contributed by atoms with E-state index in [0.717, 1.165) is 4.70 Å². The van der Waals surface area contributed by atoms with E-state index in [1.807, 2.05) is 0 Å². The van der Waals surface area contributed by atoms with E-state index in [1.165, 1.54) is 22.8 Å². The Bertz CT molecular complexity index is 450. The molecule has 0 atom stereocenters. The van der Waals surface area contributed by atoms with E-state index >= 15 is 0 Å². The molecule has 0 fully saturated rings. The molecule has 0 unspecified atom stereocenters. The van der Waals surface area contributed by atoms with E-state index in [4.69, 9.17) is 0 Å². The quantitative estimate of drug-likeness (QED) is 0.680. The molecule has 1 heterocycles. The van der Waals surface area contributed by atoms with Gasteiger partial charge in [-0.1, -0.05) is 15.9 Å². The summed E-state index contributed by atoms with van der Waals surface area (Å²) in [6, 6.07) is 2.97.